The SMILES string of the molecule is NC(=O)C1CC12CNC(C(=O)N1CC=C(c3ccccc3F)CC1)C(C(=O)O)C2. The molecule has 1 aromatic carbocycles. The number of amides is 2. The second kappa shape index (κ2) is 7.26. The summed E-state index contributed by atoms with van der Waals surface area (Å²) >= 11 is 0. The maximum atomic E-state index is 14.0. The predicted octanol–water partition coefficient (Wildman–Crippen LogP) is 0.996. The maximum Gasteiger partial charge on any atom is 0.308 e. The number of carboxylic acid groups (broad SMARTS) is 1. The fraction of sp³-hybridized carbons (Fsp3) is 0.476. The topological polar surface area (TPSA) is 113 Å². The Kier molecular flexibility index (Phi) is 4.90. The van der Waals surface area contributed by atoms with Gasteiger partial charge in [0.2, 0.25) is 11.8 Å². The zero-order valence-electron chi connectivity index (χ0n) is 15.9. The summed E-state index contributed by atoms with van der Waals surface area (Å²) in [5.74, 6) is -3.26. The number of carbonyl (C=O) groups is 3. The van der Waals surface area contributed by atoms with Gasteiger partial charge in [-0.3, -0.25) is 14.4 Å². The average molecular weight is 401 g/mol. The van der Waals surface area contributed by atoms with Crippen molar-refractivity contribution in [1.82, 2.24) is 10.2 Å². The minimum Gasteiger partial charge on any atom is -0.481 e. The van der Waals surface area contributed by atoms with E-state index in [9.17, 15) is 23.9 Å². The molecule has 0 radical (unpaired) electrons. The van der Waals surface area contributed by atoms with E-state index in [0.717, 1.165) is 5.57 Å². The number of aliphatic carboxylic acids is 1. The van der Waals surface area contributed by atoms with E-state index in [-0.39, 0.29) is 24.1 Å². The number of halogens is 1. The molecule has 4 unspecified atom stereocenters. The summed E-state index contributed by atoms with van der Waals surface area (Å²) < 4.78 is 14.0. The molecule has 1 spiro atoms. The van der Waals surface area contributed by atoms with Crippen LogP contribution < -0.4 is 11.1 Å². The highest BCUT2D eigenvalue weighted by Gasteiger charge is 2.62. The Labute approximate surface area is 167 Å². The van der Waals surface area contributed by atoms with Crippen molar-refractivity contribution < 1.29 is 23.9 Å². The van der Waals surface area contributed by atoms with Gasteiger partial charge in [-0.1, -0.05) is 24.3 Å². The molecule has 8 heteroatoms. The van der Waals surface area contributed by atoms with Crippen molar-refractivity contribution in [2.75, 3.05) is 19.6 Å². The molecular weight excluding hydrogens is 377 g/mol. The summed E-state index contributed by atoms with van der Waals surface area (Å²) in [6.45, 7) is 1.12. The van der Waals surface area contributed by atoms with Crippen LogP contribution in [-0.2, 0) is 14.4 Å². The lowest BCUT2D eigenvalue weighted by atomic mass is 9.80. The van der Waals surface area contributed by atoms with Crippen LogP contribution >= 0.6 is 0 Å². The molecule has 2 fully saturated rings. The van der Waals surface area contributed by atoms with Gasteiger partial charge in [-0.25, -0.2) is 4.39 Å². The van der Waals surface area contributed by atoms with Crippen molar-refractivity contribution in [3.05, 3.63) is 41.7 Å². The maximum absolute atomic E-state index is 14.0. The molecule has 3 aliphatic rings. The highest BCUT2D eigenvalue weighted by Crippen LogP contribution is 2.58. The highest BCUT2D eigenvalue weighted by atomic mass is 19.1. The fourth-order valence-electron chi connectivity index (χ4n) is 4.78. The number of hydrogen-bond donors (Lipinski definition) is 3. The highest BCUT2D eigenvalue weighted by molar-refractivity contribution is 5.89. The quantitative estimate of drug-likeness (QED) is 0.697. The molecule has 1 aliphatic carbocycles. The Hall–Kier alpha value is -2.74. The summed E-state index contributed by atoms with van der Waals surface area (Å²) in [6.07, 6.45) is 3.16. The van der Waals surface area contributed by atoms with E-state index in [4.69, 9.17) is 5.73 Å². The molecule has 4 rings (SSSR count). The first kappa shape index (κ1) is 19.6. The van der Waals surface area contributed by atoms with Gasteiger partial charge in [0.1, 0.15) is 11.9 Å². The third kappa shape index (κ3) is 3.53. The number of benzene rings is 1. The number of primary amides is 1. The normalized spacial score (nSPS) is 31.3. The van der Waals surface area contributed by atoms with Crippen LogP contribution in [0.2, 0.25) is 0 Å². The van der Waals surface area contributed by atoms with Crippen molar-refractivity contribution in [2.45, 2.75) is 25.3 Å². The van der Waals surface area contributed by atoms with Gasteiger partial charge in [-0.05, 0) is 36.3 Å². The number of rotatable bonds is 4. The van der Waals surface area contributed by atoms with Gasteiger partial charge in [-0.2, -0.15) is 0 Å². The second-order valence-electron chi connectivity index (χ2n) is 8.27. The molecule has 154 valence electrons. The number of carboxylic acids is 1. The largest absolute Gasteiger partial charge is 0.481 e. The first-order chi connectivity index (χ1) is 13.8. The van der Waals surface area contributed by atoms with E-state index in [0.29, 0.717) is 38.0 Å². The van der Waals surface area contributed by atoms with Crippen LogP contribution in [0.3, 0.4) is 0 Å². The van der Waals surface area contributed by atoms with Gasteiger partial charge >= 0.3 is 5.97 Å². The minimum atomic E-state index is -1.05. The molecule has 0 bridgehead atoms. The summed E-state index contributed by atoms with van der Waals surface area (Å²) in [4.78, 5) is 38.0. The number of hydrogen-bond acceptors (Lipinski definition) is 4. The van der Waals surface area contributed by atoms with Gasteiger partial charge in [0.05, 0.1) is 5.92 Å². The first-order valence-electron chi connectivity index (χ1n) is 9.80. The molecule has 4 N–H and O–H groups in total. The lowest BCUT2D eigenvalue weighted by Gasteiger charge is -2.38. The van der Waals surface area contributed by atoms with Crippen LogP contribution in [0, 0.1) is 23.1 Å². The lowest BCUT2D eigenvalue weighted by Crippen LogP contribution is -2.58. The van der Waals surface area contributed by atoms with Crippen LogP contribution in [0.25, 0.3) is 5.57 Å². The Morgan fingerprint density at radius 1 is 1.24 bits per heavy atom. The summed E-state index contributed by atoms with van der Waals surface area (Å²) in [5.41, 5.74) is 6.33. The molecule has 29 heavy (non-hydrogen) atoms. The fourth-order valence-corrected chi connectivity index (χ4v) is 4.78. The van der Waals surface area contributed by atoms with Gasteiger partial charge in [-0.15, -0.1) is 0 Å². The number of nitrogens with two attached hydrogens (primary N) is 1. The van der Waals surface area contributed by atoms with E-state index in [2.05, 4.69) is 5.32 Å². The van der Waals surface area contributed by atoms with Gasteiger partial charge < -0.3 is 21.1 Å². The molecule has 2 amide bonds. The second-order valence-corrected chi connectivity index (χ2v) is 8.27. The molecule has 2 heterocycles. The molecule has 4 atom stereocenters. The van der Waals surface area contributed by atoms with Gasteiger partial charge in [0.15, 0.2) is 0 Å². The monoisotopic (exact) mass is 401 g/mol. The van der Waals surface area contributed by atoms with Crippen molar-refractivity contribution >= 4 is 23.4 Å². The Balaban J connectivity index is 1.45. The van der Waals surface area contributed by atoms with E-state index >= 15 is 0 Å². The van der Waals surface area contributed by atoms with Gasteiger partial charge in [0.25, 0.3) is 0 Å². The lowest BCUT2D eigenvalue weighted by molar-refractivity contribution is -0.150. The molecule has 1 saturated carbocycles. The van der Waals surface area contributed by atoms with Gasteiger partial charge in [0, 0.05) is 31.1 Å². The zero-order valence-corrected chi connectivity index (χ0v) is 15.9. The standard InChI is InChI=1S/C21H24FN3O4/c22-16-4-2-1-3-13(16)12-5-7-25(8-6-12)19(27)17-14(20(28)29)9-21(11-24-17)10-15(21)18(23)26/h1-5,14-15,17,24H,6-11H2,(H2,23,26)(H,28,29). The van der Waals surface area contributed by atoms with E-state index in [1.165, 1.54) is 6.07 Å². The minimum absolute atomic E-state index is 0.267. The third-order valence-electron chi connectivity index (χ3n) is 6.56. The van der Waals surface area contributed by atoms with Crippen LogP contribution in [-0.4, -0.2) is 53.5 Å². The Morgan fingerprint density at radius 3 is 2.59 bits per heavy atom. The molecule has 1 aromatic rings. The predicted molar refractivity (Wildman–Crippen MR) is 103 cm³/mol. The van der Waals surface area contributed by atoms with Crippen molar-refractivity contribution in [3.63, 3.8) is 0 Å². The molecule has 7 nitrogen and oxygen atoms in total. The van der Waals surface area contributed by atoms with Crippen LogP contribution in [0.4, 0.5) is 4.39 Å². The molecule has 2 aliphatic heterocycles. The van der Waals surface area contributed by atoms with Crippen LogP contribution in [0.5, 0.6) is 0 Å². The van der Waals surface area contributed by atoms with Crippen molar-refractivity contribution in [2.24, 2.45) is 23.0 Å². The summed E-state index contributed by atoms with van der Waals surface area (Å²) in [5, 5.41) is 12.8. The van der Waals surface area contributed by atoms with Crippen molar-refractivity contribution in [3.8, 4) is 0 Å². The average Bonchev–Trinajstić information content (AvgIpc) is 3.41. The van der Waals surface area contributed by atoms with E-state index in [1.807, 2.05) is 6.08 Å². The van der Waals surface area contributed by atoms with Crippen LogP contribution in [0.15, 0.2) is 30.3 Å². The van der Waals surface area contributed by atoms with Crippen molar-refractivity contribution in [1.29, 1.82) is 0 Å². The number of nitrogens with zero attached hydrogens (tertiary/aromatic N) is 1. The number of carbonyl (C=O) groups excluding carboxylic acids is 2. The summed E-state index contributed by atoms with van der Waals surface area (Å²) in [7, 11) is 0. The third-order valence-corrected chi connectivity index (χ3v) is 6.56. The zero-order chi connectivity index (χ0) is 20.8. The van der Waals surface area contributed by atoms with E-state index < -0.39 is 29.3 Å². The molecular formula is C21H24FN3O4. The number of piperidine rings is 1. The Morgan fingerprint density at radius 2 is 2.00 bits per heavy atom. The molecule has 0 aromatic heterocycles. The first-order valence-corrected chi connectivity index (χ1v) is 9.80. The Bertz CT molecular complexity index is 902. The summed E-state index contributed by atoms with van der Waals surface area (Å²) in [6, 6.07) is 5.69. The van der Waals surface area contributed by atoms with Crippen LogP contribution in [0.1, 0.15) is 24.8 Å². The molecule has 1 saturated heterocycles. The van der Waals surface area contributed by atoms with E-state index in [1.54, 1.807) is 23.1 Å². The number of nitrogens with one attached hydrogen (secondary N) is 1. The smallest absolute Gasteiger partial charge is 0.308 e.